The van der Waals surface area contributed by atoms with Crippen LogP contribution < -0.4 is 10.2 Å². The van der Waals surface area contributed by atoms with Crippen molar-refractivity contribution in [3.05, 3.63) is 23.7 Å². The maximum atomic E-state index is 11.6. The molecule has 0 bridgehead atoms. The number of carbonyl (C=O) groups excluding carboxylic acids is 1. The van der Waals surface area contributed by atoms with E-state index in [4.69, 9.17) is 11.6 Å². The third-order valence-electron chi connectivity index (χ3n) is 2.84. The first-order valence-electron chi connectivity index (χ1n) is 6.15. The molecule has 9 heteroatoms. The van der Waals surface area contributed by atoms with Gasteiger partial charge in [-0.05, 0) is 24.1 Å². The fourth-order valence-electron chi connectivity index (χ4n) is 1.94. The van der Waals surface area contributed by atoms with Gasteiger partial charge in [-0.2, -0.15) is 20.1 Å². The fraction of sp³-hybridized carbons (Fsp3) is 0.364. The maximum Gasteiger partial charge on any atom is 0.256 e. The van der Waals surface area contributed by atoms with Gasteiger partial charge in [-0.25, -0.2) is 4.68 Å². The van der Waals surface area contributed by atoms with Gasteiger partial charge in [-0.15, -0.1) is 0 Å². The van der Waals surface area contributed by atoms with Crippen molar-refractivity contribution in [1.82, 2.24) is 30.0 Å². The van der Waals surface area contributed by atoms with Crippen molar-refractivity contribution in [3.8, 4) is 5.95 Å². The highest BCUT2D eigenvalue weighted by Gasteiger charge is 2.19. The van der Waals surface area contributed by atoms with Gasteiger partial charge >= 0.3 is 0 Å². The number of halogens is 1. The third kappa shape index (κ3) is 2.69. The highest BCUT2D eigenvalue weighted by atomic mass is 35.5. The summed E-state index contributed by atoms with van der Waals surface area (Å²) in [6, 6.07) is 1.76. The zero-order chi connectivity index (χ0) is 13.9. The molecule has 0 unspecified atom stereocenters. The van der Waals surface area contributed by atoms with E-state index in [9.17, 15) is 4.79 Å². The summed E-state index contributed by atoms with van der Waals surface area (Å²) in [5, 5.41) is 6.93. The first kappa shape index (κ1) is 12.8. The molecule has 1 N–H and O–H groups in total. The number of hydrogen-bond donors (Lipinski definition) is 1. The largest absolute Gasteiger partial charge is 0.354 e. The summed E-state index contributed by atoms with van der Waals surface area (Å²) in [4.78, 5) is 25.8. The van der Waals surface area contributed by atoms with E-state index in [-0.39, 0.29) is 17.7 Å². The maximum absolute atomic E-state index is 11.6. The van der Waals surface area contributed by atoms with Crippen molar-refractivity contribution < 1.29 is 4.79 Å². The molecule has 1 saturated heterocycles. The third-order valence-corrected chi connectivity index (χ3v) is 3.01. The van der Waals surface area contributed by atoms with Crippen LogP contribution in [0.3, 0.4) is 0 Å². The Kier molecular flexibility index (Phi) is 3.46. The second-order valence-electron chi connectivity index (χ2n) is 4.28. The number of rotatable bonds is 2. The van der Waals surface area contributed by atoms with Crippen LogP contribution in [0.5, 0.6) is 0 Å². The SMILES string of the molecule is O=C1CN(c2nc(Cl)nc(-n3cccn3)n2)CCCN1. The molecule has 8 nitrogen and oxygen atoms in total. The van der Waals surface area contributed by atoms with Gasteiger partial charge in [0.2, 0.25) is 17.1 Å². The van der Waals surface area contributed by atoms with Crippen molar-refractivity contribution >= 4 is 23.5 Å². The van der Waals surface area contributed by atoms with E-state index in [0.717, 1.165) is 6.42 Å². The predicted octanol–water partition coefficient (Wildman–Crippen LogP) is 0.0370. The molecule has 20 heavy (non-hydrogen) atoms. The molecule has 1 amide bonds. The summed E-state index contributed by atoms with van der Waals surface area (Å²) < 4.78 is 1.49. The molecule has 0 radical (unpaired) electrons. The van der Waals surface area contributed by atoms with Gasteiger partial charge in [0.05, 0.1) is 6.54 Å². The number of anilines is 1. The number of nitrogens with zero attached hydrogens (tertiary/aromatic N) is 6. The molecule has 1 fully saturated rings. The lowest BCUT2D eigenvalue weighted by molar-refractivity contribution is -0.119. The molecular formula is C11H12ClN7O. The van der Waals surface area contributed by atoms with E-state index in [1.807, 2.05) is 0 Å². The first-order chi connectivity index (χ1) is 9.72. The van der Waals surface area contributed by atoms with Crippen molar-refractivity contribution in [2.45, 2.75) is 6.42 Å². The Labute approximate surface area is 119 Å². The van der Waals surface area contributed by atoms with Gasteiger partial charge in [0.15, 0.2) is 0 Å². The molecule has 3 heterocycles. The molecule has 2 aromatic heterocycles. The molecule has 1 aliphatic heterocycles. The van der Waals surface area contributed by atoms with Crippen LogP contribution in [-0.2, 0) is 4.79 Å². The Balaban J connectivity index is 1.94. The average molecular weight is 294 g/mol. The smallest absolute Gasteiger partial charge is 0.256 e. The van der Waals surface area contributed by atoms with Crippen LogP contribution in [0, 0.1) is 0 Å². The highest BCUT2D eigenvalue weighted by molar-refractivity contribution is 6.28. The topological polar surface area (TPSA) is 88.8 Å². The van der Waals surface area contributed by atoms with Crippen LogP contribution in [0.1, 0.15) is 6.42 Å². The van der Waals surface area contributed by atoms with E-state index >= 15 is 0 Å². The standard InChI is InChI=1S/C11H12ClN7O/c12-9-15-10(18-5-1-3-13-8(20)7-18)17-11(16-9)19-6-2-4-14-19/h2,4,6H,1,3,5,7H2,(H,13,20). The lowest BCUT2D eigenvalue weighted by Gasteiger charge is -2.18. The highest BCUT2D eigenvalue weighted by Crippen LogP contribution is 2.14. The van der Waals surface area contributed by atoms with Crippen molar-refractivity contribution in [1.29, 1.82) is 0 Å². The minimum Gasteiger partial charge on any atom is -0.354 e. The Bertz CT molecular complexity index is 615. The summed E-state index contributed by atoms with van der Waals surface area (Å²) in [7, 11) is 0. The number of amides is 1. The zero-order valence-corrected chi connectivity index (χ0v) is 11.3. The van der Waals surface area contributed by atoms with Crippen LogP contribution in [0.15, 0.2) is 18.5 Å². The zero-order valence-electron chi connectivity index (χ0n) is 10.5. The van der Waals surface area contributed by atoms with Crippen LogP contribution >= 0.6 is 11.6 Å². The lowest BCUT2D eigenvalue weighted by Crippen LogP contribution is -2.34. The lowest BCUT2D eigenvalue weighted by atomic mass is 10.4. The molecule has 0 atom stereocenters. The van der Waals surface area contributed by atoms with Gasteiger partial charge in [-0.3, -0.25) is 4.79 Å². The quantitative estimate of drug-likeness (QED) is 0.841. The Morgan fingerprint density at radius 2 is 2.10 bits per heavy atom. The normalized spacial score (nSPS) is 15.8. The van der Waals surface area contributed by atoms with Crippen molar-refractivity contribution in [2.75, 3.05) is 24.5 Å². The van der Waals surface area contributed by atoms with E-state index in [1.165, 1.54) is 4.68 Å². The molecule has 2 aromatic rings. The number of hydrogen-bond acceptors (Lipinski definition) is 6. The fourth-order valence-corrected chi connectivity index (χ4v) is 2.09. The summed E-state index contributed by atoms with van der Waals surface area (Å²) in [5.74, 6) is 0.655. The molecule has 0 spiro atoms. The molecule has 3 rings (SSSR count). The predicted molar refractivity (Wildman–Crippen MR) is 71.8 cm³/mol. The number of nitrogens with one attached hydrogen (secondary N) is 1. The minimum absolute atomic E-state index is 0.0559. The molecule has 0 aliphatic carbocycles. The van der Waals surface area contributed by atoms with Gasteiger partial charge in [0.1, 0.15) is 0 Å². The van der Waals surface area contributed by atoms with Gasteiger partial charge in [0.25, 0.3) is 5.95 Å². The van der Waals surface area contributed by atoms with E-state index < -0.39 is 0 Å². The summed E-state index contributed by atoms with van der Waals surface area (Å²) in [6.45, 7) is 1.54. The van der Waals surface area contributed by atoms with Crippen LogP contribution in [0.2, 0.25) is 5.28 Å². The van der Waals surface area contributed by atoms with Gasteiger partial charge in [0, 0.05) is 25.5 Å². The van der Waals surface area contributed by atoms with Gasteiger partial charge < -0.3 is 10.2 Å². The number of aromatic nitrogens is 5. The molecular weight excluding hydrogens is 282 g/mol. The van der Waals surface area contributed by atoms with E-state index in [1.54, 1.807) is 23.4 Å². The Morgan fingerprint density at radius 1 is 1.25 bits per heavy atom. The molecule has 1 aliphatic rings. The van der Waals surface area contributed by atoms with E-state index in [2.05, 4.69) is 25.4 Å². The summed E-state index contributed by atoms with van der Waals surface area (Å²) in [6.07, 6.45) is 4.16. The number of carbonyl (C=O) groups is 1. The minimum atomic E-state index is -0.0559. The summed E-state index contributed by atoms with van der Waals surface area (Å²) >= 11 is 5.93. The summed E-state index contributed by atoms with van der Waals surface area (Å²) in [5.41, 5.74) is 0. The van der Waals surface area contributed by atoms with Crippen molar-refractivity contribution in [2.24, 2.45) is 0 Å². The second kappa shape index (κ2) is 5.41. The van der Waals surface area contributed by atoms with Crippen LogP contribution in [0.4, 0.5) is 5.95 Å². The van der Waals surface area contributed by atoms with Crippen LogP contribution in [-0.4, -0.2) is 50.3 Å². The molecule has 0 saturated carbocycles. The average Bonchev–Trinajstić information content (AvgIpc) is 2.87. The first-order valence-corrected chi connectivity index (χ1v) is 6.53. The second-order valence-corrected chi connectivity index (χ2v) is 4.62. The van der Waals surface area contributed by atoms with Crippen molar-refractivity contribution in [3.63, 3.8) is 0 Å². The Morgan fingerprint density at radius 3 is 2.90 bits per heavy atom. The Hall–Kier alpha value is -2.22. The molecule has 0 aromatic carbocycles. The van der Waals surface area contributed by atoms with E-state index in [0.29, 0.717) is 25.0 Å². The van der Waals surface area contributed by atoms with Crippen LogP contribution in [0.25, 0.3) is 5.95 Å². The van der Waals surface area contributed by atoms with Gasteiger partial charge in [-0.1, -0.05) is 0 Å². The monoisotopic (exact) mass is 293 g/mol. The molecule has 104 valence electrons.